The Labute approximate surface area is 124 Å². The average molecular weight is 297 g/mol. The lowest BCUT2D eigenvalue weighted by Crippen LogP contribution is -2.44. The van der Waals surface area contributed by atoms with Gasteiger partial charge in [0.15, 0.2) is 5.96 Å². The Balaban J connectivity index is 1.68. The van der Waals surface area contributed by atoms with Gasteiger partial charge in [0.25, 0.3) is 0 Å². The minimum atomic E-state index is 0.380. The Morgan fingerprint density at radius 1 is 1.47 bits per heavy atom. The second-order valence-electron chi connectivity index (χ2n) is 5.08. The molecule has 0 spiro atoms. The van der Waals surface area contributed by atoms with E-state index in [0.29, 0.717) is 4.75 Å². The molecule has 0 bridgehead atoms. The Kier molecular flexibility index (Phi) is 5.58. The van der Waals surface area contributed by atoms with Gasteiger partial charge in [-0.2, -0.15) is 11.8 Å². The lowest BCUT2D eigenvalue weighted by molar-refractivity contribution is 0.585. The van der Waals surface area contributed by atoms with Crippen molar-refractivity contribution in [1.29, 1.82) is 0 Å². The molecule has 0 amide bonds. The number of thioether (sulfide) groups is 1. The van der Waals surface area contributed by atoms with Crippen LogP contribution >= 0.6 is 23.1 Å². The highest BCUT2D eigenvalue weighted by molar-refractivity contribution is 8.00. The Bertz CT molecular complexity index is 395. The van der Waals surface area contributed by atoms with Gasteiger partial charge in [0.05, 0.1) is 0 Å². The number of nitrogens with one attached hydrogen (secondary N) is 2. The minimum Gasteiger partial charge on any atom is -0.356 e. The second-order valence-corrected chi connectivity index (χ2v) is 7.80. The van der Waals surface area contributed by atoms with Crippen LogP contribution in [0, 0.1) is 0 Å². The molecule has 1 fully saturated rings. The van der Waals surface area contributed by atoms with Crippen molar-refractivity contribution in [2.24, 2.45) is 4.99 Å². The molecule has 2 heterocycles. The number of aliphatic imine (C=N–C) groups is 1. The highest BCUT2D eigenvalue weighted by Gasteiger charge is 2.29. The van der Waals surface area contributed by atoms with Crippen LogP contribution in [-0.2, 0) is 6.42 Å². The summed E-state index contributed by atoms with van der Waals surface area (Å²) in [5.74, 6) is 2.22. The van der Waals surface area contributed by atoms with Gasteiger partial charge >= 0.3 is 0 Å². The Hall–Kier alpha value is -0.680. The predicted octanol–water partition coefficient (Wildman–Crippen LogP) is 2.74. The fourth-order valence-electron chi connectivity index (χ4n) is 2.23. The van der Waals surface area contributed by atoms with E-state index in [1.807, 2.05) is 18.4 Å². The van der Waals surface area contributed by atoms with Crippen molar-refractivity contribution in [2.75, 3.05) is 25.9 Å². The molecule has 2 rings (SSSR count). The van der Waals surface area contributed by atoms with Gasteiger partial charge in [-0.3, -0.25) is 4.99 Å². The zero-order valence-electron chi connectivity index (χ0n) is 11.7. The molecule has 0 radical (unpaired) electrons. The van der Waals surface area contributed by atoms with Gasteiger partial charge in [0.1, 0.15) is 0 Å². The van der Waals surface area contributed by atoms with Crippen LogP contribution in [0.3, 0.4) is 0 Å². The van der Waals surface area contributed by atoms with Gasteiger partial charge in [-0.25, -0.2) is 0 Å². The molecule has 106 valence electrons. The van der Waals surface area contributed by atoms with E-state index in [1.165, 1.54) is 23.5 Å². The maximum atomic E-state index is 4.29. The van der Waals surface area contributed by atoms with Crippen LogP contribution in [0.1, 0.15) is 24.6 Å². The van der Waals surface area contributed by atoms with E-state index in [4.69, 9.17) is 0 Å². The first-order chi connectivity index (χ1) is 9.22. The van der Waals surface area contributed by atoms with E-state index in [9.17, 15) is 0 Å². The molecule has 1 aromatic heterocycles. The molecule has 3 nitrogen and oxygen atoms in total. The first-order valence-electron chi connectivity index (χ1n) is 6.83. The lowest BCUT2D eigenvalue weighted by Gasteiger charge is -2.24. The van der Waals surface area contributed by atoms with Crippen molar-refractivity contribution in [2.45, 2.75) is 30.9 Å². The maximum Gasteiger partial charge on any atom is 0.191 e. The van der Waals surface area contributed by atoms with Gasteiger partial charge in [-0.05, 0) is 43.4 Å². The molecule has 1 aromatic rings. The number of hydrogen-bond donors (Lipinski definition) is 2. The lowest BCUT2D eigenvalue weighted by atomic mass is 10.1. The highest BCUT2D eigenvalue weighted by atomic mass is 32.2. The van der Waals surface area contributed by atoms with Gasteiger partial charge in [0, 0.05) is 29.8 Å². The van der Waals surface area contributed by atoms with Crippen molar-refractivity contribution in [3.05, 3.63) is 22.4 Å². The number of hydrogen-bond acceptors (Lipinski definition) is 3. The fraction of sp³-hybridized carbons (Fsp3) is 0.643. The third-order valence-corrected chi connectivity index (χ3v) is 5.87. The van der Waals surface area contributed by atoms with Crippen molar-refractivity contribution in [3.63, 3.8) is 0 Å². The van der Waals surface area contributed by atoms with Crippen molar-refractivity contribution in [3.8, 4) is 0 Å². The molecule has 0 aromatic carbocycles. The summed E-state index contributed by atoms with van der Waals surface area (Å²) in [6.07, 6.45) is 3.70. The van der Waals surface area contributed by atoms with Gasteiger partial charge in [-0.15, -0.1) is 11.3 Å². The molecule has 1 aliphatic heterocycles. The minimum absolute atomic E-state index is 0.380. The molecular weight excluding hydrogens is 274 g/mol. The van der Waals surface area contributed by atoms with Crippen molar-refractivity contribution >= 4 is 29.1 Å². The van der Waals surface area contributed by atoms with Crippen LogP contribution in [0.2, 0.25) is 0 Å². The largest absolute Gasteiger partial charge is 0.356 e. The summed E-state index contributed by atoms with van der Waals surface area (Å²) >= 11 is 3.89. The molecule has 1 aliphatic rings. The molecule has 0 aliphatic carbocycles. The smallest absolute Gasteiger partial charge is 0.191 e. The van der Waals surface area contributed by atoms with Crippen LogP contribution in [0.5, 0.6) is 0 Å². The molecule has 19 heavy (non-hydrogen) atoms. The monoisotopic (exact) mass is 297 g/mol. The van der Waals surface area contributed by atoms with Crippen molar-refractivity contribution < 1.29 is 0 Å². The first kappa shape index (κ1) is 14.7. The van der Waals surface area contributed by atoms with Crippen LogP contribution in [0.25, 0.3) is 0 Å². The quantitative estimate of drug-likeness (QED) is 0.648. The van der Waals surface area contributed by atoms with Crippen LogP contribution < -0.4 is 10.6 Å². The topological polar surface area (TPSA) is 36.4 Å². The summed E-state index contributed by atoms with van der Waals surface area (Å²) in [4.78, 5) is 5.71. The summed E-state index contributed by atoms with van der Waals surface area (Å²) in [7, 11) is 1.84. The summed E-state index contributed by atoms with van der Waals surface area (Å²) in [5.41, 5.74) is 0. The maximum absolute atomic E-state index is 4.29. The summed E-state index contributed by atoms with van der Waals surface area (Å²) in [6, 6.07) is 4.28. The van der Waals surface area contributed by atoms with E-state index in [-0.39, 0.29) is 0 Å². The van der Waals surface area contributed by atoms with Gasteiger partial charge in [-0.1, -0.05) is 6.07 Å². The normalized spacial score (nSPS) is 23.6. The zero-order chi connectivity index (χ0) is 13.6. The molecule has 1 atom stereocenters. The highest BCUT2D eigenvalue weighted by Crippen LogP contribution is 2.36. The molecule has 1 unspecified atom stereocenters. The SMILES string of the molecule is CN=C(NCCc1cccs1)NCC1(C)CCCS1. The van der Waals surface area contributed by atoms with Crippen LogP contribution in [0.4, 0.5) is 0 Å². The number of rotatable bonds is 5. The van der Waals surface area contributed by atoms with E-state index in [1.54, 1.807) is 0 Å². The molecule has 0 saturated carbocycles. The van der Waals surface area contributed by atoms with Crippen LogP contribution in [0.15, 0.2) is 22.5 Å². The summed E-state index contributed by atoms with van der Waals surface area (Å²) in [5, 5.41) is 8.96. The summed E-state index contributed by atoms with van der Waals surface area (Å²) in [6.45, 7) is 4.27. The zero-order valence-corrected chi connectivity index (χ0v) is 13.4. The first-order valence-corrected chi connectivity index (χ1v) is 8.69. The van der Waals surface area contributed by atoms with Crippen molar-refractivity contribution in [1.82, 2.24) is 10.6 Å². The number of guanidine groups is 1. The third kappa shape index (κ3) is 4.73. The predicted molar refractivity (Wildman–Crippen MR) is 87.5 cm³/mol. The molecule has 5 heteroatoms. The molecule has 2 N–H and O–H groups in total. The van der Waals surface area contributed by atoms with E-state index in [0.717, 1.165) is 25.5 Å². The molecule has 1 saturated heterocycles. The average Bonchev–Trinajstić information content (AvgIpc) is 3.06. The van der Waals surface area contributed by atoms with Gasteiger partial charge in [0.2, 0.25) is 0 Å². The van der Waals surface area contributed by atoms with E-state index >= 15 is 0 Å². The standard InChI is InChI=1S/C14H23N3S2/c1-14(7-4-10-19-14)11-17-13(15-2)16-8-6-12-5-3-9-18-12/h3,5,9H,4,6-8,10-11H2,1-2H3,(H2,15,16,17). The summed E-state index contributed by atoms with van der Waals surface area (Å²) < 4.78 is 0.380. The van der Waals surface area contributed by atoms with Crippen LogP contribution in [-0.4, -0.2) is 36.6 Å². The van der Waals surface area contributed by atoms with E-state index in [2.05, 4.69) is 51.8 Å². The second kappa shape index (κ2) is 7.20. The van der Waals surface area contributed by atoms with E-state index < -0.39 is 0 Å². The van der Waals surface area contributed by atoms with Gasteiger partial charge < -0.3 is 10.6 Å². The molecular formula is C14H23N3S2. The number of nitrogens with zero attached hydrogens (tertiary/aromatic N) is 1. The Morgan fingerprint density at radius 3 is 3.00 bits per heavy atom. The third-order valence-electron chi connectivity index (χ3n) is 3.40. The fourth-order valence-corrected chi connectivity index (χ4v) is 4.18. The Morgan fingerprint density at radius 2 is 2.37 bits per heavy atom. The number of thiophene rings is 1.